The standard InChI is InChI=1S/C20H16ClN3O4/c21-15-3-1-2-13(7-15)19-22-20(28-23-19)14-8-18(25)24(10-14)9-12-4-5-16-17(6-12)27-11-26-16/h1-7,14H,8-11H2. The number of benzene rings is 2. The van der Waals surface area contributed by atoms with E-state index in [4.69, 9.17) is 25.6 Å². The zero-order chi connectivity index (χ0) is 19.1. The van der Waals surface area contributed by atoms with Crippen molar-refractivity contribution in [3.8, 4) is 22.9 Å². The molecule has 1 aromatic heterocycles. The molecule has 2 aliphatic rings. The Bertz CT molecular complexity index is 1050. The van der Waals surface area contributed by atoms with Crippen molar-refractivity contribution in [2.75, 3.05) is 13.3 Å². The van der Waals surface area contributed by atoms with Crippen LogP contribution in [-0.2, 0) is 11.3 Å². The summed E-state index contributed by atoms with van der Waals surface area (Å²) in [5.41, 5.74) is 1.77. The Morgan fingerprint density at radius 3 is 2.93 bits per heavy atom. The molecule has 7 nitrogen and oxygen atoms in total. The number of nitrogens with zero attached hydrogens (tertiary/aromatic N) is 3. The van der Waals surface area contributed by atoms with Crippen LogP contribution in [0.3, 0.4) is 0 Å². The zero-order valence-electron chi connectivity index (χ0n) is 14.8. The van der Waals surface area contributed by atoms with Gasteiger partial charge in [0.1, 0.15) is 0 Å². The molecule has 1 amide bonds. The molecule has 0 N–H and O–H groups in total. The molecule has 28 heavy (non-hydrogen) atoms. The van der Waals surface area contributed by atoms with Crippen molar-refractivity contribution in [2.45, 2.75) is 18.9 Å². The minimum atomic E-state index is -0.123. The number of carbonyl (C=O) groups is 1. The third-order valence-corrected chi connectivity index (χ3v) is 5.13. The topological polar surface area (TPSA) is 77.7 Å². The fourth-order valence-electron chi connectivity index (χ4n) is 3.50. The number of halogens is 1. The Morgan fingerprint density at radius 1 is 1.14 bits per heavy atom. The number of hydrogen-bond acceptors (Lipinski definition) is 6. The highest BCUT2D eigenvalue weighted by atomic mass is 35.5. The Labute approximate surface area is 165 Å². The van der Waals surface area contributed by atoms with Crippen molar-refractivity contribution < 1.29 is 18.8 Å². The van der Waals surface area contributed by atoms with Gasteiger partial charge < -0.3 is 18.9 Å². The predicted octanol–water partition coefficient (Wildman–Crippen LogP) is 3.63. The van der Waals surface area contributed by atoms with Crippen molar-refractivity contribution in [3.05, 3.63) is 58.9 Å². The minimum absolute atomic E-state index is 0.0603. The summed E-state index contributed by atoms with van der Waals surface area (Å²) in [6, 6.07) is 13.0. The first kappa shape index (κ1) is 17.1. The summed E-state index contributed by atoms with van der Waals surface area (Å²) >= 11 is 6.02. The van der Waals surface area contributed by atoms with Crippen molar-refractivity contribution in [1.29, 1.82) is 0 Å². The van der Waals surface area contributed by atoms with Crippen LogP contribution in [0.4, 0.5) is 0 Å². The van der Waals surface area contributed by atoms with Crippen LogP contribution < -0.4 is 9.47 Å². The van der Waals surface area contributed by atoms with Crippen LogP contribution in [-0.4, -0.2) is 34.3 Å². The number of rotatable bonds is 4. The third-order valence-electron chi connectivity index (χ3n) is 4.90. The molecule has 0 bridgehead atoms. The fourth-order valence-corrected chi connectivity index (χ4v) is 3.69. The van der Waals surface area contributed by atoms with Gasteiger partial charge in [0, 0.05) is 30.1 Å². The molecular weight excluding hydrogens is 382 g/mol. The molecule has 0 aliphatic carbocycles. The van der Waals surface area contributed by atoms with Gasteiger partial charge in [0.2, 0.25) is 24.4 Å². The van der Waals surface area contributed by atoms with Crippen LogP contribution in [0, 0.1) is 0 Å². The lowest BCUT2D eigenvalue weighted by atomic mass is 10.1. The first-order valence-corrected chi connectivity index (χ1v) is 9.29. The van der Waals surface area contributed by atoms with Crippen molar-refractivity contribution in [2.24, 2.45) is 0 Å². The van der Waals surface area contributed by atoms with Crippen LogP contribution >= 0.6 is 11.6 Å². The smallest absolute Gasteiger partial charge is 0.232 e. The molecular formula is C20H16ClN3O4. The highest BCUT2D eigenvalue weighted by molar-refractivity contribution is 6.30. The van der Waals surface area contributed by atoms with Crippen molar-refractivity contribution in [3.63, 3.8) is 0 Å². The monoisotopic (exact) mass is 397 g/mol. The molecule has 0 saturated carbocycles. The van der Waals surface area contributed by atoms with E-state index in [0.717, 1.165) is 16.9 Å². The normalized spacial score (nSPS) is 18.1. The molecule has 142 valence electrons. The second kappa shape index (κ2) is 6.83. The van der Waals surface area contributed by atoms with Gasteiger partial charge in [0.05, 0.1) is 5.92 Å². The number of hydrogen-bond donors (Lipinski definition) is 0. The Kier molecular flexibility index (Phi) is 4.16. The van der Waals surface area contributed by atoms with Gasteiger partial charge in [-0.15, -0.1) is 0 Å². The van der Waals surface area contributed by atoms with Gasteiger partial charge in [-0.25, -0.2) is 0 Å². The molecule has 1 saturated heterocycles. The molecule has 0 radical (unpaired) electrons. The van der Waals surface area contributed by atoms with Gasteiger partial charge in [-0.3, -0.25) is 4.79 Å². The van der Waals surface area contributed by atoms with E-state index in [-0.39, 0.29) is 18.6 Å². The van der Waals surface area contributed by atoms with E-state index in [9.17, 15) is 4.79 Å². The largest absolute Gasteiger partial charge is 0.454 e. The van der Waals surface area contributed by atoms with Gasteiger partial charge in [-0.2, -0.15) is 4.98 Å². The van der Waals surface area contributed by atoms with Crippen LogP contribution in [0.25, 0.3) is 11.4 Å². The Balaban J connectivity index is 1.30. The summed E-state index contributed by atoms with van der Waals surface area (Å²) in [4.78, 5) is 18.8. The van der Waals surface area contributed by atoms with E-state index in [1.54, 1.807) is 17.0 Å². The molecule has 2 aromatic carbocycles. The number of carbonyl (C=O) groups excluding carboxylic acids is 1. The number of amides is 1. The summed E-state index contributed by atoms with van der Waals surface area (Å²) in [5.74, 6) is 2.32. The quantitative estimate of drug-likeness (QED) is 0.669. The van der Waals surface area contributed by atoms with Gasteiger partial charge in [-0.1, -0.05) is 35.0 Å². The lowest BCUT2D eigenvalue weighted by molar-refractivity contribution is -0.128. The summed E-state index contributed by atoms with van der Waals surface area (Å²) in [6.45, 7) is 1.27. The maximum Gasteiger partial charge on any atom is 0.232 e. The second-order valence-electron chi connectivity index (χ2n) is 6.83. The van der Waals surface area contributed by atoms with Gasteiger partial charge >= 0.3 is 0 Å². The Morgan fingerprint density at radius 2 is 2.04 bits per heavy atom. The lowest BCUT2D eigenvalue weighted by Crippen LogP contribution is -2.24. The van der Waals surface area contributed by atoms with Gasteiger partial charge in [-0.05, 0) is 29.8 Å². The summed E-state index contributed by atoms with van der Waals surface area (Å²) in [7, 11) is 0. The molecule has 0 spiro atoms. The summed E-state index contributed by atoms with van der Waals surface area (Å²) in [6.07, 6.45) is 0.349. The number of aromatic nitrogens is 2. The molecule has 1 unspecified atom stereocenters. The van der Waals surface area contributed by atoms with Crippen LogP contribution in [0.2, 0.25) is 5.02 Å². The van der Waals surface area contributed by atoms with Crippen LogP contribution in [0.1, 0.15) is 23.8 Å². The zero-order valence-corrected chi connectivity index (χ0v) is 15.6. The SMILES string of the molecule is O=C1CC(c2nc(-c3cccc(Cl)c3)no2)CN1Cc1ccc2c(c1)OCO2. The number of ether oxygens (including phenoxy) is 2. The highest BCUT2D eigenvalue weighted by Crippen LogP contribution is 2.34. The van der Waals surface area contributed by atoms with E-state index in [1.807, 2.05) is 30.3 Å². The highest BCUT2D eigenvalue weighted by Gasteiger charge is 2.34. The van der Waals surface area contributed by atoms with E-state index < -0.39 is 0 Å². The lowest BCUT2D eigenvalue weighted by Gasteiger charge is -2.16. The van der Waals surface area contributed by atoms with E-state index >= 15 is 0 Å². The first-order valence-electron chi connectivity index (χ1n) is 8.91. The first-order chi connectivity index (χ1) is 13.7. The second-order valence-corrected chi connectivity index (χ2v) is 7.27. The summed E-state index contributed by atoms with van der Waals surface area (Å²) in [5, 5.41) is 4.65. The molecule has 2 aliphatic heterocycles. The Hall–Kier alpha value is -3.06. The number of fused-ring (bicyclic) bond motifs is 1. The van der Waals surface area contributed by atoms with E-state index in [2.05, 4.69) is 10.1 Å². The van der Waals surface area contributed by atoms with E-state index in [0.29, 0.717) is 42.0 Å². The van der Waals surface area contributed by atoms with E-state index in [1.165, 1.54) is 0 Å². The number of likely N-dealkylation sites (tertiary alicyclic amines) is 1. The molecule has 1 fully saturated rings. The predicted molar refractivity (Wildman–Crippen MR) is 100 cm³/mol. The average Bonchev–Trinajstić information content (AvgIpc) is 3.42. The molecule has 3 heterocycles. The van der Waals surface area contributed by atoms with Crippen molar-refractivity contribution >= 4 is 17.5 Å². The van der Waals surface area contributed by atoms with Gasteiger partial charge in [0.25, 0.3) is 0 Å². The molecule has 5 rings (SSSR count). The molecule has 8 heteroatoms. The maximum atomic E-state index is 12.5. The van der Waals surface area contributed by atoms with Crippen LogP contribution in [0.15, 0.2) is 47.0 Å². The molecule has 3 aromatic rings. The third kappa shape index (κ3) is 3.18. The maximum absolute atomic E-state index is 12.5. The minimum Gasteiger partial charge on any atom is -0.454 e. The summed E-state index contributed by atoms with van der Waals surface area (Å²) < 4.78 is 16.2. The molecule has 1 atom stereocenters. The van der Waals surface area contributed by atoms with Crippen molar-refractivity contribution in [1.82, 2.24) is 15.0 Å². The van der Waals surface area contributed by atoms with Gasteiger partial charge in [0.15, 0.2) is 11.5 Å². The van der Waals surface area contributed by atoms with Crippen LogP contribution in [0.5, 0.6) is 11.5 Å². The fraction of sp³-hybridized carbons (Fsp3) is 0.250. The average molecular weight is 398 g/mol.